The molecule has 23 heavy (non-hydrogen) atoms. The number of benzene rings is 1. The minimum Gasteiger partial charge on any atom is -0.359 e. The molecule has 1 N–H and O–H groups in total. The summed E-state index contributed by atoms with van der Waals surface area (Å²) in [6.45, 7) is 3.14. The summed E-state index contributed by atoms with van der Waals surface area (Å²) in [6.07, 6.45) is 1.60. The molecule has 0 bridgehead atoms. The molecule has 122 valence electrons. The van der Waals surface area contributed by atoms with E-state index < -0.39 is 15.3 Å². The second kappa shape index (κ2) is 6.57. The zero-order valence-electron chi connectivity index (χ0n) is 12.6. The van der Waals surface area contributed by atoms with Crippen LogP contribution in [0.4, 0.5) is 0 Å². The zero-order valence-corrected chi connectivity index (χ0v) is 14.2. The van der Waals surface area contributed by atoms with Crippen LogP contribution < -0.4 is 5.32 Å². The Kier molecular flexibility index (Phi) is 4.68. The van der Waals surface area contributed by atoms with E-state index in [0.717, 1.165) is 11.1 Å². The first-order chi connectivity index (χ1) is 11.0. The van der Waals surface area contributed by atoms with Gasteiger partial charge in [-0.15, -0.1) is 0 Å². The van der Waals surface area contributed by atoms with Gasteiger partial charge in [0.05, 0.1) is 11.5 Å². The molecular weight excluding hydrogens is 336 g/mol. The Morgan fingerprint density at radius 1 is 1.26 bits per heavy atom. The molecule has 3 rings (SSSR count). The number of aromatic nitrogens is 1. The minimum absolute atomic E-state index is 0.289. The van der Waals surface area contributed by atoms with Gasteiger partial charge < -0.3 is 10.1 Å². The lowest BCUT2D eigenvalue weighted by molar-refractivity contribution is 0.0784. The molecule has 7 heteroatoms. The van der Waals surface area contributed by atoms with Gasteiger partial charge in [-0.3, -0.25) is 0 Å². The maximum absolute atomic E-state index is 12.9. The fourth-order valence-corrected chi connectivity index (χ4v) is 4.43. The monoisotopic (exact) mass is 352 g/mol. The van der Waals surface area contributed by atoms with Crippen LogP contribution in [-0.2, 0) is 14.6 Å². The van der Waals surface area contributed by atoms with Crippen molar-refractivity contribution in [1.82, 2.24) is 10.3 Å². The summed E-state index contributed by atoms with van der Waals surface area (Å²) in [7, 11) is -3.57. The van der Waals surface area contributed by atoms with Crippen molar-refractivity contribution in [3.8, 4) is 11.1 Å². The van der Waals surface area contributed by atoms with Crippen molar-refractivity contribution in [2.75, 3.05) is 19.7 Å². The first-order valence-corrected chi connectivity index (χ1v) is 9.20. The molecule has 0 spiro atoms. The summed E-state index contributed by atoms with van der Waals surface area (Å²) in [5.41, 5.74) is 1.45. The number of pyridine rings is 1. The number of hydrogen-bond acceptors (Lipinski definition) is 5. The van der Waals surface area contributed by atoms with Crippen LogP contribution in [0.1, 0.15) is 5.56 Å². The van der Waals surface area contributed by atoms with Crippen molar-refractivity contribution in [3.05, 3.63) is 47.2 Å². The molecule has 1 fully saturated rings. The van der Waals surface area contributed by atoms with Gasteiger partial charge in [-0.25, -0.2) is 13.4 Å². The topological polar surface area (TPSA) is 68.3 Å². The summed E-state index contributed by atoms with van der Waals surface area (Å²) in [6, 6.07) is 8.86. The lowest BCUT2D eigenvalue weighted by Gasteiger charge is -2.24. The van der Waals surface area contributed by atoms with Gasteiger partial charge in [0.25, 0.3) is 0 Å². The van der Waals surface area contributed by atoms with Crippen LogP contribution >= 0.6 is 11.6 Å². The van der Waals surface area contributed by atoms with Gasteiger partial charge in [-0.05, 0) is 41.8 Å². The molecule has 5 nitrogen and oxygen atoms in total. The molecule has 1 aromatic heterocycles. The van der Waals surface area contributed by atoms with Crippen LogP contribution in [0.15, 0.2) is 41.4 Å². The fourth-order valence-electron chi connectivity index (χ4n) is 2.55. The zero-order chi connectivity index (χ0) is 16.4. The van der Waals surface area contributed by atoms with E-state index >= 15 is 0 Å². The molecule has 1 atom stereocenters. The van der Waals surface area contributed by atoms with Gasteiger partial charge >= 0.3 is 0 Å². The van der Waals surface area contributed by atoms with Crippen molar-refractivity contribution < 1.29 is 13.2 Å². The molecule has 1 unspecified atom stereocenters. The van der Waals surface area contributed by atoms with Crippen LogP contribution in [0.2, 0.25) is 5.15 Å². The molecule has 1 aromatic carbocycles. The summed E-state index contributed by atoms with van der Waals surface area (Å²) in [5, 5.41) is 3.42. The van der Waals surface area contributed by atoms with Crippen molar-refractivity contribution in [2.24, 2.45) is 0 Å². The minimum atomic E-state index is -3.57. The van der Waals surface area contributed by atoms with E-state index in [1.54, 1.807) is 37.4 Å². The predicted molar refractivity (Wildman–Crippen MR) is 89.2 cm³/mol. The molecule has 1 aliphatic heterocycles. The first-order valence-electron chi connectivity index (χ1n) is 7.27. The second-order valence-corrected chi connectivity index (χ2v) is 7.84. The molecule has 0 amide bonds. The van der Waals surface area contributed by atoms with Crippen LogP contribution in [0.3, 0.4) is 0 Å². The number of sulfone groups is 1. The standard InChI is InChI=1S/C16H17ClN2O3S/c1-11-2-3-12(13-4-5-19-15(17)9-13)8-14(11)23(20,21)16-10-18-6-7-22-16/h2-5,8-9,16,18H,6-7,10H2,1H3. The number of nitrogens with zero attached hydrogens (tertiary/aromatic N) is 1. The average Bonchev–Trinajstić information content (AvgIpc) is 2.56. The van der Waals surface area contributed by atoms with Gasteiger partial charge in [0.1, 0.15) is 5.15 Å². The molecule has 0 saturated carbocycles. The Bertz CT molecular complexity index is 818. The van der Waals surface area contributed by atoms with Gasteiger partial charge in [0.2, 0.25) is 9.84 Å². The van der Waals surface area contributed by atoms with E-state index in [0.29, 0.717) is 30.4 Å². The summed E-state index contributed by atoms with van der Waals surface area (Å²) in [4.78, 5) is 4.23. The van der Waals surface area contributed by atoms with Gasteiger partial charge in [0, 0.05) is 19.3 Å². The van der Waals surface area contributed by atoms with E-state index in [1.807, 2.05) is 6.07 Å². The largest absolute Gasteiger partial charge is 0.359 e. The number of aryl methyl sites for hydroxylation is 1. The highest BCUT2D eigenvalue weighted by Gasteiger charge is 2.31. The quantitative estimate of drug-likeness (QED) is 0.859. The van der Waals surface area contributed by atoms with Gasteiger partial charge in [-0.1, -0.05) is 23.7 Å². The lowest BCUT2D eigenvalue weighted by Crippen LogP contribution is -2.43. The maximum atomic E-state index is 12.9. The molecule has 1 saturated heterocycles. The number of halogens is 1. The smallest absolute Gasteiger partial charge is 0.206 e. The van der Waals surface area contributed by atoms with Crippen molar-refractivity contribution in [1.29, 1.82) is 0 Å². The number of nitrogens with one attached hydrogen (secondary N) is 1. The predicted octanol–water partition coefficient (Wildman–Crippen LogP) is 2.43. The molecule has 2 heterocycles. The van der Waals surface area contributed by atoms with E-state index in [9.17, 15) is 8.42 Å². The highest BCUT2D eigenvalue weighted by molar-refractivity contribution is 7.92. The summed E-state index contributed by atoms with van der Waals surface area (Å²) < 4.78 is 31.1. The highest BCUT2D eigenvalue weighted by atomic mass is 35.5. The highest BCUT2D eigenvalue weighted by Crippen LogP contribution is 2.28. The maximum Gasteiger partial charge on any atom is 0.206 e. The Morgan fingerprint density at radius 3 is 2.74 bits per heavy atom. The first kappa shape index (κ1) is 16.4. The summed E-state index contributed by atoms with van der Waals surface area (Å²) in [5.74, 6) is 0. The Balaban J connectivity index is 2.04. The second-order valence-electron chi connectivity index (χ2n) is 5.40. The van der Waals surface area contributed by atoms with Crippen LogP contribution in [0.25, 0.3) is 11.1 Å². The fraction of sp³-hybridized carbons (Fsp3) is 0.312. The van der Waals surface area contributed by atoms with E-state index in [1.165, 1.54) is 0 Å². The molecule has 0 aliphatic carbocycles. The SMILES string of the molecule is Cc1ccc(-c2ccnc(Cl)c2)cc1S(=O)(=O)C1CNCCO1. The van der Waals surface area contributed by atoms with E-state index in [-0.39, 0.29) is 4.90 Å². The van der Waals surface area contributed by atoms with Gasteiger partial charge in [-0.2, -0.15) is 0 Å². The van der Waals surface area contributed by atoms with E-state index in [2.05, 4.69) is 10.3 Å². The molecule has 0 radical (unpaired) electrons. The molecule has 2 aromatic rings. The number of ether oxygens (including phenoxy) is 1. The third kappa shape index (κ3) is 3.40. The number of morpholine rings is 1. The van der Waals surface area contributed by atoms with Crippen LogP contribution in [0.5, 0.6) is 0 Å². The van der Waals surface area contributed by atoms with E-state index in [4.69, 9.17) is 16.3 Å². The Hall–Kier alpha value is -1.47. The van der Waals surface area contributed by atoms with Crippen molar-refractivity contribution in [3.63, 3.8) is 0 Å². The van der Waals surface area contributed by atoms with Crippen LogP contribution in [-0.4, -0.2) is 38.5 Å². The number of hydrogen-bond donors (Lipinski definition) is 1. The van der Waals surface area contributed by atoms with Crippen LogP contribution in [0, 0.1) is 6.92 Å². The Labute approximate surface area is 140 Å². The lowest BCUT2D eigenvalue weighted by atomic mass is 10.1. The summed E-state index contributed by atoms with van der Waals surface area (Å²) >= 11 is 5.92. The normalized spacial score (nSPS) is 18.8. The van der Waals surface area contributed by atoms with Crippen molar-refractivity contribution >= 4 is 21.4 Å². The Morgan fingerprint density at radius 2 is 2.04 bits per heavy atom. The average molecular weight is 353 g/mol. The number of rotatable bonds is 3. The third-order valence-corrected chi connectivity index (χ3v) is 6.05. The van der Waals surface area contributed by atoms with Crippen molar-refractivity contribution in [2.45, 2.75) is 17.3 Å². The third-order valence-electron chi connectivity index (χ3n) is 3.79. The molecule has 1 aliphatic rings. The molecular formula is C16H17ClN2O3S. The van der Waals surface area contributed by atoms with Gasteiger partial charge in [0.15, 0.2) is 5.44 Å².